The van der Waals surface area contributed by atoms with Gasteiger partial charge in [-0.1, -0.05) is 0 Å². The summed E-state index contributed by atoms with van der Waals surface area (Å²) in [6.07, 6.45) is 3.27. The van der Waals surface area contributed by atoms with Crippen LogP contribution in [0.3, 0.4) is 0 Å². The second-order valence-corrected chi connectivity index (χ2v) is 5.68. The Kier molecular flexibility index (Phi) is 4.10. The number of rotatable bonds is 5. The van der Waals surface area contributed by atoms with Crippen LogP contribution in [-0.2, 0) is 17.8 Å². The molecule has 0 bridgehead atoms. The van der Waals surface area contributed by atoms with E-state index in [1.54, 1.807) is 17.1 Å². The molecule has 1 unspecified atom stereocenters. The lowest BCUT2D eigenvalue weighted by Crippen LogP contribution is -2.36. The molecule has 0 radical (unpaired) electrons. The number of nitrogens with zero attached hydrogens (tertiary/aromatic N) is 3. The summed E-state index contributed by atoms with van der Waals surface area (Å²) in [5.74, 6) is -0.413. The number of hydrogen-bond acceptors (Lipinski definition) is 3. The van der Waals surface area contributed by atoms with Crippen LogP contribution in [0.1, 0.15) is 18.2 Å². The molecule has 1 atom stereocenters. The van der Waals surface area contributed by atoms with Crippen molar-refractivity contribution in [3.05, 3.63) is 47.9 Å². The summed E-state index contributed by atoms with van der Waals surface area (Å²) in [6, 6.07) is 4.47. The van der Waals surface area contributed by atoms with Crippen LogP contribution in [-0.4, -0.2) is 31.7 Å². The molecule has 2 heterocycles. The molecule has 1 aromatic carbocycles. The number of aromatic amines is 1. The second kappa shape index (κ2) is 6.20. The van der Waals surface area contributed by atoms with E-state index >= 15 is 0 Å². The first-order valence-corrected chi connectivity index (χ1v) is 7.41. The molecule has 1 amide bonds. The van der Waals surface area contributed by atoms with Crippen LogP contribution in [0, 0.1) is 12.7 Å². The lowest BCUT2D eigenvalue weighted by Gasteiger charge is -2.13. The standard InChI is InChI=1S/C16H18FN5O/c1-10(7-22-9-18-8-19-22)20-16(23)6-13-11(2)21-15-4-3-12(17)5-14(13)15/h3-5,8-10,21H,6-7H2,1-2H3,(H,20,23). The molecule has 3 rings (SSSR count). The predicted molar refractivity (Wildman–Crippen MR) is 84.3 cm³/mol. The number of aromatic nitrogens is 4. The lowest BCUT2D eigenvalue weighted by atomic mass is 10.1. The highest BCUT2D eigenvalue weighted by Crippen LogP contribution is 2.23. The number of fused-ring (bicyclic) bond motifs is 1. The van der Waals surface area contributed by atoms with Gasteiger partial charge in [-0.3, -0.25) is 9.48 Å². The van der Waals surface area contributed by atoms with Gasteiger partial charge in [0.25, 0.3) is 0 Å². The summed E-state index contributed by atoms with van der Waals surface area (Å²) < 4.78 is 15.1. The number of hydrogen-bond donors (Lipinski definition) is 2. The molecule has 120 valence electrons. The largest absolute Gasteiger partial charge is 0.358 e. The van der Waals surface area contributed by atoms with Crippen LogP contribution < -0.4 is 5.32 Å². The van der Waals surface area contributed by atoms with E-state index in [2.05, 4.69) is 20.4 Å². The molecule has 3 aromatic rings. The number of nitrogens with one attached hydrogen (secondary N) is 2. The first-order chi connectivity index (χ1) is 11.0. The van der Waals surface area contributed by atoms with Crippen molar-refractivity contribution in [1.82, 2.24) is 25.1 Å². The number of H-pyrrole nitrogens is 1. The summed E-state index contributed by atoms with van der Waals surface area (Å²) in [5.41, 5.74) is 2.54. The summed E-state index contributed by atoms with van der Waals surface area (Å²) in [5, 5.41) is 7.69. The highest BCUT2D eigenvalue weighted by molar-refractivity contribution is 5.90. The molecule has 6 nitrogen and oxygen atoms in total. The van der Waals surface area contributed by atoms with Gasteiger partial charge in [0.2, 0.25) is 5.91 Å². The first-order valence-electron chi connectivity index (χ1n) is 7.41. The Morgan fingerprint density at radius 1 is 1.48 bits per heavy atom. The van der Waals surface area contributed by atoms with Crippen molar-refractivity contribution in [2.24, 2.45) is 0 Å². The molecule has 7 heteroatoms. The monoisotopic (exact) mass is 315 g/mol. The summed E-state index contributed by atoms with van der Waals surface area (Å²) in [7, 11) is 0. The summed E-state index contributed by atoms with van der Waals surface area (Å²) >= 11 is 0. The van der Waals surface area contributed by atoms with Gasteiger partial charge in [0.15, 0.2) is 0 Å². The van der Waals surface area contributed by atoms with Gasteiger partial charge in [0, 0.05) is 22.6 Å². The minimum absolute atomic E-state index is 0.0774. The van der Waals surface area contributed by atoms with E-state index in [-0.39, 0.29) is 24.2 Å². The molecule has 0 aliphatic carbocycles. The van der Waals surface area contributed by atoms with Crippen molar-refractivity contribution in [3.63, 3.8) is 0 Å². The molecule has 0 saturated carbocycles. The predicted octanol–water partition coefficient (Wildman–Crippen LogP) is 1.95. The van der Waals surface area contributed by atoms with Gasteiger partial charge < -0.3 is 10.3 Å². The zero-order valence-corrected chi connectivity index (χ0v) is 13.0. The fourth-order valence-electron chi connectivity index (χ4n) is 2.72. The molecule has 0 fully saturated rings. The Morgan fingerprint density at radius 2 is 2.30 bits per heavy atom. The fraction of sp³-hybridized carbons (Fsp3) is 0.312. The molecular formula is C16H18FN5O. The van der Waals surface area contributed by atoms with E-state index in [9.17, 15) is 9.18 Å². The number of carbonyl (C=O) groups is 1. The van der Waals surface area contributed by atoms with Crippen molar-refractivity contribution in [2.45, 2.75) is 32.9 Å². The molecule has 23 heavy (non-hydrogen) atoms. The highest BCUT2D eigenvalue weighted by Gasteiger charge is 2.15. The maximum atomic E-state index is 13.5. The van der Waals surface area contributed by atoms with Crippen LogP contribution >= 0.6 is 0 Å². The Hall–Kier alpha value is -2.70. The van der Waals surface area contributed by atoms with Gasteiger partial charge in [0.1, 0.15) is 18.5 Å². The molecular weight excluding hydrogens is 297 g/mol. The molecule has 2 N–H and O–H groups in total. The van der Waals surface area contributed by atoms with Crippen LogP contribution in [0.15, 0.2) is 30.9 Å². The maximum Gasteiger partial charge on any atom is 0.224 e. The van der Waals surface area contributed by atoms with Crippen LogP contribution in [0.5, 0.6) is 0 Å². The summed E-state index contributed by atoms with van der Waals surface area (Å²) in [6.45, 7) is 4.34. The van der Waals surface area contributed by atoms with Crippen molar-refractivity contribution in [1.29, 1.82) is 0 Å². The molecule has 0 aliphatic heterocycles. The minimum atomic E-state index is -0.308. The van der Waals surface area contributed by atoms with E-state index in [0.717, 1.165) is 22.2 Å². The van der Waals surface area contributed by atoms with Crippen LogP contribution in [0.2, 0.25) is 0 Å². The van der Waals surface area contributed by atoms with Gasteiger partial charge in [-0.05, 0) is 37.6 Å². The Balaban J connectivity index is 1.70. The Morgan fingerprint density at radius 3 is 3.04 bits per heavy atom. The number of amides is 1. The normalized spacial score (nSPS) is 12.5. The van der Waals surface area contributed by atoms with E-state index < -0.39 is 0 Å². The van der Waals surface area contributed by atoms with E-state index in [1.807, 2.05) is 13.8 Å². The maximum absolute atomic E-state index is 13.5. The van der Waals surface area contributed by atoms with Crippen LogP contribution in [0.4, 0.5) is 4.39 Å². The Labute approximate surface area is 132 Å². The highest BCUT2D eigenvalue weighted by atomic mass is 19.1. The lowest BCUT2D eigenvalue weighted by molar-refractivity contribution is -0.121. The molecule has 0 saturated heterocycles. The van der Waals surface area contributed by atoms with Crippen LogP contribution in [0.25, 0.3) is 10.9 Å². The topological polar surface area (TPSA) is 75.6 Å². The SMILES string of the molecule is Cc1[nH]c2ccc(F)cc2c1CC(=O)NC(C)Cn1cncn1. The molecule has 0 aliphatic rings. The van der Waals surface area contributed by atoms with Gasteiger partial charge in [-0.25, -0.2) is 9.37 Å². The zero-order chi connectivity index (χ0) is 16.4. The average Bonchev–Trinajstić information content (AvgIpc) is 3.08. The third-order valence-corrected chi connectivity index (χ3v) is 3.75. The average molecular weight is 315 g/mol. The third-order valence-electron chi connectivity index (χ3n) is 3.75. The Bertz CT molecular complexity index is 824. The number of halogens is 1. The van der Waals surface area contributed by atoms with E-state index in [0.29, 0.717) is 6.54 Å². The third kappa shape index (κ3) is 3.39. The first kappa shape index (κ1) is 15.2. The number of aryl methyl sites for hydroxylation is 1. The fourth-order valence-corrected chi connectivity index (χ4v) is 2.72. The van der Waals surface area contributed by atoms with E-state index in [1.165, 1.54) is 18.5 Å². The molecule has 0 spiro atoms. The number of carbonyl (C=O) groups excluding carboxylic acids is 1. The quantitative estimate of drug-likeness (QED) is 0.755. The van der Waals surface area contributed by atoms with Crippen molar-refractivity contribution in [3.8, 4) is 0 Å². The smallest absolute Gasteiger partial charge is 0.224 e. The van der Waals surface area contributed by atoms with Gasteiger partial charge in [0.05, 0.1) is 13.0 Å². The number of benzene rings is 1. The minimum Gasteiger partial charge on any atom is -0.358 e. The van der Waals surface area contributed by atoms with Gasteiger partial charge >= 0.3 is 0 Å². The second-order valence-electron chi connectivity index (χ2n) is 5.68. The van der Waals surface area contributed by atoms with E-state index in [4.69, 9.17) is 0 Å². The molecule has 2 aromatic heterocycles. The van der Waals surface area contributed by atoms with Crippen molar-refractivity contribution in [2.75, 3.05) is 0 Å². The summed E-state index contributed by atoms with van der Waals surface area (Å²) in [4.78, 5) is 19.3. The van der Waals surface area contributed by atoms with Gasteiger partial charge in [-0.15, -0.1) is 0 Å². The van der Waals surface area contributed by atoms with Gasteiger partial charge in [-0.2, -0.15) is 5.10 Å². The zero-order valence-electron chi connectivity index (χ0n) is 13.0. The van der Waals surface area contributed by atoms with Crippen molar-refractivity contribution < 1.29 is 9.18 Å². The van der Waals surface area contributed by atoms with Crippen molar-refractivity contribution >= 4 is 16.8 Å².